The standard InChI is InChI=1S/C28H16O6/c29-27(30)15-9-11-23-19(13-15)25(17-5-1-3-7-21(17)33-23)26-18-6-2-4-8-22(18)34-24-12-10-16(28(31)32)14-20(24)26/h1-14H,(H,29,30)(H,31,32)/b26-25+. The molecule has 0 atom stereocenters. The maximum Gasteiger partial charge on any atom is 0.335 e. The molecule has 6 nitrogen and oxygen atoms in total. The molecule has 164 valence electrons. The Labute approximate surface area is 193 Å². The van der Waals surface area contributed by atoms with Crippen LogP contribution in [0.5, 0.6) is 23.0 Å². The number of carboxylic acid groups (broad SMARTS) is 2. The van der Waals surface area contributed by atoms with Gasteiger partial charge in [0.05, 0.1) is 11.1 Å². The van der Waals surface area contributed by atoms with Gasteiger partial charge in [-0.15, -0.1) is 0 Å². The summed E-state index contributed by atoms with van der Waals surface area (Å²) in [4.78, 5) is 23.6. The Morgan fingerprint density at radius 3 is 1.29 bits per heavy atom. The van der Waals surface area contributed by atoms with Crippen LogP contribution in [0.15, 0.2) is 84.9 Å². The van der Waals surface area contributed by atoms with E-state index in [0.29, 0.717) is 34.1 Å². The van der Waals surface area contributed by atoms with Crippen LogP contribution in [0.2, 0.25) is 0 Å². The molecule has 0 aliphatic carbocycles. The highest BCUT2D eigenvalue weighted by Gasteiger charge is 2.32. The summed E-state index contributed by atoms with van der Waals surface area (Å²) in [5.41, 5.74) is 4.51. The van der Waals surface area contributed by atoms with E-state index in [4.69, 9.17) is 9.47 Å². The summed E-state index contributed by atoms with van der Waals surface area (Å²) >= 11 is 0. The highest BCUT2D eigenvalue weighted by Crippen LogP contribution is 2.53. The van der Waals surface area contributed by atoms with Gasteiger partial charge in [-0.25, -0.2) is 9.59 Å². The largest absolute Gasteiger partial charge is 0.478 e. The number of carboxylic acids is 2. The topological polar surface area (TPSA) is 93.1 Å². The van der Waals surface area contributed by atoms with Crippen molar-refractivity contribution in [3.05, 3.63) is 118 Å². The first kappa shape index (κ1) is 19.8. The van der Waals surface area contributed by atoms with E-state index in [1.165, 1.54) is 12.1 Å². The van der Waals surface area contributed by atoms with E-state index >= 15 is 0 Å². The molecule has 0 bridgehead atoms. The number of aromatic carboxylic acids is 2. The molecule has 0 amide bonds. The number of ether oxygens (including phenoxy) is 2. The molecule has 2 aliphatic heterocycles. The smallest absolute Gasteiger partial charge is 0.335 e. The third-order valence-corrected chi connectivity index (χ3v) is 5.99. The molecule has 0 aromatic heterocycles. The highest BCUT2D eigenvalue weighted by atomic mass is 16.5. The first-order valence-electron chi connectivity index (χ1n) is 10.6. The van der Waals surface area contributed by atoms with E-state index in [9.17, 15) is 19.8 Å². The Morgan fingerprint density at radius 1 is 0.500 bits per heavy atom. The number of hydrogen-bond donors (Lipinski definition) is 2. The zero-order valence-corrected chi connectivity index (χ0v) is 17.6. The van der Waals surface area contributed by atoms with Crippen molar-refractivity contribution in [2.24, 2.45) is 0 Å². The molecule has 2 N–H and O–H groups in total. The zero-order valence-electron chi connectivity index (χ0n) is 17.6. The van der Waals surface area contributed by atoms with Crippen LogP contribution in [-0.2, 0) is 0 Å². The monoisotopic (exact) mass is 448 g/mol. The van der Waals surface area contributed by atoms with Crippen molar-refractivity contribution in [2.45, 2.75) is 0 Å². The van der Waals surface area contributed by atoms with Gasteiger partial charge in [0.2, 0.25) is 0 Å². The quantitative estimate of drug-likeness (QED) is 0.323. The maximum atomic E-state index is 11.8. The molecule has 0 saturated carbocycles. The summed E-state index contributed by atoms with van der Waals surface area (Å²) < 4.78 is 12.2. The fourth-order valence-corrected chi connectivity index (χ4v) is 4.48. The van der Waals surface area contributed by atoms with E-state index in [1.807, 2.05) is 48.5 Å². The summed E-state index contributed by atoms with van der Waals surface area (Å²) in [6.07, 6.45) is 0. The van der Waals surface area contributed by atoms with Crippen LogP contribution in [0, 0.1) is 0 Å². The van der Waals surface area contributed by atoms with Crippen molar-refractivity contribution >= 4 is 23.1 Å². The molecule has 4 aromatic rings. The predicted molar refractivity (Wildman–Crippen MR) is 125 cm³/mol. The van der Waals surface area contributed by atoms with E-state index in [2.05, 4.69) is 0 Å². The van der Waals surface area contributed by atoms with Crippen molar-refractivity contribution in [2.75, 3.05) is 0 Å². The molecular weight excluding hydrogens is 432 g/mol. The Morgan fingerprint density at radius 2 is 0.882 bits per heavy atom. The third-order valence-electron chi connectivity index (χ3n) is 5.99. The van der Waals surface area contributed by atoms with Gasteiger partial charge in [-0.2, -0.15) is 0 Å². The van der Waals surface area contributed by atoms with Crippen LogP contribution in [0.1, 0.15) is 43.0 Å². The minimum Gasteiger partial charge on any atom is -0.478 e. The Hall–Kier alpha value is -4.84. The first-order chi connectivity index (χ1) is 16.5. The second kappa shape index (κ2) is 7.35. The van der Waals surface area contributed by atoms with Gasteiger partial charge in [0.25, 0.3) is 0 Å². The zero-order chi connectivity index (χ0) is 23.4. The number of para-hydroxylation sites is 2. The van der Waals surface area contributed by atoms with Gasteiger partial charge in [-0.1, -0.05) is 36.4 Å². The van der Waals surface area contributed by atoms with Gasteiger partial charge < -0.3 is 19.7 Å². The van der Waals surface area contributed by atoms with Gasteiger partial charge in [-0.05, 0) is 48.5 Å². The number of carbonyl (C=O) groups is 2. The van der Waals surface area contributed by atoms with E-state index in [0.717, 1.165) is 22.3 Å². The summed E-state index contributed by atoms with van der Waals surface area (Å²) in [7, 11) is 0. The lowest BCUT2D eigenvalue weighted by Crippen LogP contribution is -2.11. The average Bonchev–Trinajstić information content (AvgIpc) is 2.85. The molecule has 0 fully saturated rings. The number of rotatable bonds is 2. The molecule has 6 heteroatoms. The van der Waals surface area contributed by atoms with E-state index in [1.54, 1.807) is 24.3 Å². The first-order valence-corrected chi connectivity index (χ1v) is 10.6. The number of benzene rings is 4. The van der Waals surface area contributed by atoms with Crippen LogP contribution in [-0.4, -0.2) is 22.2 Å². The second-order valence-electron chi connectivity index (χ2n) is 7.98. The van der Waals surface area contributed by atoms with Gasteiger partial charge in [0.15, 0.2) is 0 Å². The SMILES string of the molecule is O=C(O)c1ccc2c(c1)/C(=C1\c3ccccc3Oc3ccc(C(=O)O)cc31)c1ccccc1O2. The van der Waals surface area contributed by atoms with Crippen LogP contribution in [0.3, 0.4) is 0 Å². The minimum atomic E-state index is -1.05. The fraction of sp³-hybridized carbons (Fsp3) is 0. The third kappa shape index (κ3) is 2.97. The lowest BCUT2D eigenvalue weighted by atomic mass is 9.81. The van der Waals surface area contributed by atoms with Gasteiger partial charge in [0, 0.05) is 33.4 Å². The van der Waals surface area contributed by atoms with Crippen LogP contribution in [0.25, 0.3) is 11.1 Å². The molecule has 4 aromatic carbocycles. The van der Waals surface area contributed by atoms with Crippen LogP contribution < -0.4 is 9.47 Å². The summed E-state index contributed by atoms with van der Waals surface area (Å²) in [5.74, 6) is 0.192. The van der Waals surface area contributed by atoms with Gasteiger partial charge >= 0.3 is 11.9 Å². The summed E-state index contributed by atoms with van der Waals surface area (Å²) in [6.45, 7) is 0. The van der Waals surface area contributed by atoms with Crippen LogP contribution >= 0.6 is 0 Å². The van der Waals surface area contributed by atoms with Crippen molar-refractivity contribution < 1.29 is 29.3 Å². The average molecular weight is 448 g/mol. The molecule has 0 saturated heterocycles. The molecule has 0 radical (unpaired) electrons. The second-order valence-corrected chi connectivity index (χ2v) is 7.98. The van der Waals surface area contributed by atoms with Crippen molar-refractivity contribution in [3.63, 3.8) is 0 Å². The number of fused-ring (bicyclic) bond motifs is 4. The Bertz CT molecular complexity index is 1450. The van der Waals surface area contributed by atoms with Crippen molar-refractivity contribution in [1.29, 1.82) is 0 Å². The Kier molecular flexibility index (Phi) is 4.28. The lowest BCUT2D eigenvalue weighted by Gasteiger charge is -2.30. The predicted octanol–water partition coefficient (Wildman–Crippen LogP) is 6.30. The molecule has 34 heavy (non-hydrogen) atoms. The molecule has 2 heterocycles. The minimum absolute atomic E-state index is 0.125. The molecule has 2 aliphatic rings. The molecule has 0 unspecified atom stereocenters. The molecular formula is C28H16O6. The highest BCUT2D eigenvalue weighted by molar-refractivity contribution is 6.11. The van der Waals surface area contributed by atoms with E-state index in [-0.39, 0.29) is 11.1 Å². The molecule has 0 spiro atoms. The lowest BCUT2D eigenvalue weighted by molar-refractivity contribution is 0.0686. The number of hydrogen-bond acceptors (Lipinski definition) is 4. The summed E-state index contributed by atoms with van der Waals surface area (Å²) in [5, 5.41) is 19.3. The van der Waals surface area contributed by atoms with E-state index < -0.39 is 11.9 Å². The van der Waals surface area contributed by atoms with Crippen molar-refractivity contribution in [3.8, 4) is 23.0 Å². The maximum absolute atomic E-state index is 11.8. The van der Waals surface area contributed by atoms with Gasteiger partial charge in [-0.3, -0.25) is 0 Å². The molecule has 6 rings (SSSR count). The van der Waals surface area contributed by atoms with Crippen LogP contribution in [0.4, 0.5) is 0 Å². The Balaban J connectivity index is 1.78. The van der Waals surface area contributed by atoms with Crippen molar-refractivity contribution in [1.82, 2.24) is 0 Å². The summed E-state index contributed by atoms with van der Waals surface area (Å²) in [6, 6.07) is 24.5. The fourth-order valence-electron chi connectivity index (χ4n) is 4.48. The van der Waals surface area contributed by atoms with Gasteiger partial charge in [0.1, 0.15) is 23.0 Å². The normalized spacial score (nSPS) is 15.1.